The van der Waals surface area contributed by atoms with Crippen molar-refractivity contribution in [3.05, 3.63) is 71.8 Å². The van der Waals surface area contributed by atoms with Crippen molar-refractivity contribution in [2.24, 2.45) is 0 Å². The highest BCUT2D eigenvalue weighted by Crippen LogP contribution is 2.32. The average Bonchev–Trinajstić information content (AvgIpc) is 2.47. The Hall–Kier alpha value is -1.60. The van der Waals surface area contributed by atoms with E-state index in [-0.39, 0.29) is 11.1 Å². The second-order valence-corrected chi connectivity index (χ2v) is 3.57. The van der Waals surface area contributed by atoms with Crippen molar-refractivity contribution in [1.82, 2.24) is 0 Å². The molecule has 0 aliphatic carbocycles. The van der Waals surface area contributed by atoms with Gasteiger partial charge in [-0.2, -0.15) is 0 Å². The van der Waals surface area contributed by atoms with E-state index in [1.54, 1.807) is 36.4 Å². The van der Waals surface area contributed by atoms with Crippen LogP contribution in [0.4, 0.5) is 0 Å². The normalized spacial score (nSPS) is 17.7. The minimum Gasteiger partial charge on any atom is -0.380 e. The molecule has 1 heteroatoms. The molecular formula is C15H16O. The van der Waals surface area contributed by atoms with Gasteiger partial charge in [0.05, 0.1) is 0 Å². The number of hydrogen-bond acceptors (Lipinski definition) is 1. The molecule has 0 heterocycles. The van der Waals surface area contributed by atoms with Gasteiger partial charge in [-0.3, -0.25) is 0 Å². The van der Waals surface area contributed by atoms with Gasteiger partial charge in [0.1, 0.15) is 5.60 Å². The second-order valence-electron chi connectivity index (χ2n) is 3.57. The Balaban J connectivity index is 2.73. The SMILES string of the molecule is [2H]C([2H])([2H])C([2H])([2H])C(O)(c1ccccc1)c1ccccc1. The van der Waals surface area contributed by atoms with Crippen LogP contribution in [0.2, 0.25) is 0 Å². The Morgan fingerprint density at radius 3 is 1.81 bits per heavy atom. The van der Waals surface area contributed by atoms with Crippen molar-refractivity contribution in [2.45, 2.75) is 18.8 Å². The number of benzene rings is 2. The third-order valence-corrected chi connectivity index (χ3v) is 2.56. The van der Waals surface area contributed by atoms with Crippen LogP contribution in [0.3, 0.4) is 0 Å². The summed E-state index contributed by atoms with van der Waals surface area (Å²) >= 11 is 0. The Labute approximate surface area is 103 Å². The van der Waals surface area contributed by atoms with E-state index in [4.69, 9.17) is 6.85 Å². The summed E-state index contributed by atoms with van der Waals surface area (Å²) in [6.07, 6.45) is -2.84. The van der Waals surface area contributed by atoms with Gasteiger partial charge in [-0.05, 0) is 17.5 Å². The molecule has 2 rings (SSSR count). The molecule has 2 aromatic carbocycles. The number of aliphatic hydroxyl groups is 1. The molecule has 0 saturated carbocycles. The maximum Gasteiger partial charge on any atom is 0.114 e. The Bertz CT molecular complexity index is 553. The van der Waals surface area contributed by atoms with Crippen LogP contribution in [0, 0.1) is 0 Å². The van der Waals surface area contributed by atoms with Gasteiger partial charge < -0.3 is 5.11 Å². The lowest BCUT2D eigenvalue weighted by atomic mass is 9.84. The van der Waals surface area contributed by atoms with E-state index in [1.807, 2.05) is 0 Å². The van der Waals surface area contributed by atoms with Crippen LogP contribution in [0.1, 0.15) is 31.2 Å². The molecule has 0 unspecified atom stereocenters. The first-order valence-corrected chi connectivity index (χ1v) is 5.04. The maximum absolute atomic E-state index is 11.1. The fourth-order valence-corrected chi connectivity index (χ4v) is 1.67. The first kappa shape index (κ1) is 6.21. The zero-order chi connectivity index (χ0) is 15.7. The van der Waals surface area contributed by atoms with Crippen LogP contribution < -0.4 is 0 Å². The van der Waals surface area contributed by atoms with Crippen LogP contribution in [0.15, 0.2) is 60.7 Å². The smallest absolute Gasteiger partial charge is 0.114 e. The monoisotopic (exact) mass is 217 g/mol. The van der Waals surface area contributed by atoms with E-state index in [9.17, 15) is 5.11 Å². The molecule has 0 atom stereocenters. The Kier molecular flexibility index (Phi) is 1.75. The average molecular weight is 217 g/mol. The fraction of sp³-hybridized carbons (Fsp3) is 0.200. The summed E-state index contributed by atoms with van der Waals surface area (Å²) < 4.78 is 38.6. The third kappa shape index (κ3) is 1.86. The lowest BCUT2D eigenvalue weighted by Crippen LogP contribution is -2.25. The summed E-state index contributed by atoms with van der Waals surface area (Å²) in [5.41, 5.74) is -1.85. The molecule has 0 radical (unpaired) electrons. The van der Waals surface area contributed by atoms with E-state index in [0.29, 0.717) is 0 Å². The minimum absolute atomic E-state index is 0.206. The highest BCUT2D eigenvalue weighted by molar-refractivity contribution is 5.35. The molecule has 2 aromatic rings. The van der Waals surface area contributed by atoms with Gasteiger partial charge >= 0.3 is 0 Å². The van der Waals surface area contributed by atoms with Crippen molar-refractivity contribution in [3.63, 3.8) is 0 Å². The number of rotatable bonds is 3. The lowest BCUT2D eigenvalue weighted by molar-refractivity contribution is 0.0765. The molecule has 0 spiro atoms. The van der Waals surface area contributed by atoms with Crippen molar-refractivity contribution in [2.75, 3.05) is 0 Å². The molecule has 0 fully saturated rings. The predicted molar refractivity (Wildman–Crippen MR) is 66.2 cm³/mol. The van der Waals surface area contributed by atoms with Crippen LogP contribution in [0.25, 0.3) is 0 Å². The first-order valence-electron chi connectivity index (χ1n) is 7.54. The van der Waals surface area contributed by atoms with Crippen LogP contribution >= 0.6 is 0 Å². The maximum atomic E-state index is 11.1. The van der Waals surface area contributed by atoms with Crippen molar-refractivity contribution >= 4 is 0 Å². The summed E-state index contributed by atoms with van der Waals surface area (Å²) in [5, 5.41) is 11.1. The molecule has 0 aromatic heterocycles. The number of hydrogen-bond donors (Lipinski definition) is 1. The van der Waals surface area contributed by atoms with Crippen molar-refractivity contribution in [1.29, 1.82) is 0 Å². The van der Waals surface area contributed by atoms with E-state index in [0.717, 1.165) is 0 Å². The molecular weight excluding hydrogens is 196 g/mol. The van der Waals surface area contributed by atoms with E-state index < -0.39 is 18.8 Å². The van der Waals surface area contributed by atoms with Gasteiger partial charge in [-0.15, -0.1) is 0 Å². The predicted octanol–water partition coefficient (Wildman–Crippen LogP) is 3.33. The quantitative estimate of drug-likeness (QED) is 0.836. The topological polar surface area (TPSA) is 20.2 Å². The highest BCUT2D eigenvalue weighted by Gasteiger charge is 2.28. The third-order valence-electron chi connectivity index (χ3n) is 2.56. The molecule has 0 aliphatic rings. The first-order chi connectivity index (χ1) is 9.71. The molecule has 0 bridgehead atoms. The van der Waals surface area contributed by atoms with Gasteiger partial charge in [0.15, 0.2) is 0 Å². The zero-order valence-electron chi connectivity index (χ0n) is 13.7. The van der Waals surface area contributed by atoms with E-state index >= 15 is 0 Å². The summed E-state index contributed by atoms with van der Waals surface area (Å²) in [6.45, 7) is -2.98. The van der Waals surface area contributed by atoms with Gasteiger partial charge in [-0.25, -0.2) is 0 Å². The molecule has 82 valence electrons. The summed E-state index contributed by atoms with van der Waals surface area (Å²) in [4.78, 5) is 0. The Morgan fingerprint density at radius 1 is 1.00 bits per heavy atom. The minimum atomic E-state index is -2.98. The van der Waals surface area contributed by atoms with E-state index in [1.165, 1.54) is 24.3 Å². The second kappa shape index (κ2) is 4.50. The molecule has 1 N–H and O–H groups in total. The van der Waals surface area contributed by atoms with Gasteiger partial charge in [-0.1, -0.05) is 67.5 Å². The van der Waals surface area contributed by atoms with Crippen molar-refractivity contribution < 1.29 is 12.0 Å². The van der Waals surface area contributed by atoms with Crippen LogP contribution in [-0.2, 0) is 5.60 Å². The van der Waals surface area contributed by atoms with Crippen molar-refractivity contribution in [3.8, 4) is 0 Å². The lowest BCUT2D eigenvalue weighted by Gasteiger charge is -2.28. The highest BCUT2D eigenvalue weighted by atomic mass is 16.3. The zero-order valence-corrected chi connectivity index (χ0v) is 8.72. The standard InChI is InChI=1S/C15H16O/c1-2-15(16,13-9-5-3-6-10-13)14-11-7-4-8-12-14/h3-12,16H,2H2,1H3/i1D3,2D2. The molecule has 16 heavy (non-hydrogen) atoms. The van der Waals surface area contributed by atoms with Gasteiger partial charge in [0.2, 0.25) is 0 Å². The van der Waals surface area contributed by atoms with Crippen LogP contribution in [-0.4, -0.2) is 5.11 Å². The fourth-order valence-electron chi connectivity index (χ4n) is 1.67. The summed E-state index contributed by atoms with van der Waals surface area (Å²) in [7, 11) is 0. The molecule has 0 amide bonds. The van der Waals surface area contributed by atoms with Gasteiger partial charge in [0.25, 0.3) is 0 Å². The molecule has 1 nitrogen and oxygen atoms in total. The summed E-state index contributed by atoms with van der Waals surface area (Å²) in [6, 6.07) is 16.1. The molecule has 0 saturated heterocycles. The summed E-state index contributed by atoms with van der Waals surface area (Å²) in [5.74, 6) is 0. The van der Waals surface area contributed by atoms with Gasteiger partial charge in [0, 0.05) is 6.85 Å². The largest absolute Gasteiger partial charge is 0.380 e. The van der Waals surface area contributed by atoms with Crippen LogP contribution in [0.5, 0.6) is 0 Å². The Morgan fingerprint density at radius 2 is 1.44 bits per heavy atom. The molecule has 0 aliphatic heterocycles. The van der Waals surface area contributed by atoms with E-state index in [2.05, 4.69) is 0 Å².